The molecular formula is C8H21LiO2. The van der Waals surface area contributed by atoms with Crippen LogP contribution in [0.4, 0.5) is 0 Å². The summed E-state index contributed by atoms with van der Waals surface area (Å²) in [4.78, 5) is 0. The topological polar surface area (TPSA) is 40.5 Å². The summed E-state index contributed by atoms with van der Waals surface area (Å²) in [6.07, 6.45) is 2.04. The van der Waals surface area contributed by atoms with Crippen LogP contribution in [-0.4, -0.2) is 41.3 Å². The minimum absolute atomic E-state index is 0. The summed E-state index contributed by atoms with van der Waals surface area (Å²) in [6.45, 7) is 7.62. The van der Waals surface area contributed by atoms with Crippen LogP contribution in [0.25, 0.3) is 0 Å². The third kappa shape index (κ3) is 120. The molecule has 0 saturated carbocycles. The second kappa shape index (κ2) is 10.5. The minimum atomic E-state index is -0.500. The zero-order valence-electron chi connectivity index (χ0n) is 7.52. The van der Waals surface area contributed by atoms with Crippen molar-refractivity contribution in [3.05, 3.63) is 0 Å². The van der Waals surface area contributed by atoms with Crippen molar-refractivity contribution >= 4 is 18.9 Å². The van der Waals surface area contributed by atoms with Gasteiger partial charge in [-0.2, -0.15) is 0 Å². The van der Waals surface area contributed by atoms with Gasteiger partial charge in [-0.25, -0.2) is 0 Å². The molecule has 0 aromatic rings. The Morgan fingerprint density at radius 3 is 1.45 bits per heavy atom. The number of unbranched alkanes of at least 4 members (excludes halogenated alkanes) is 1. The fourth-order valence-electron chi connectivity index (χ4n) is 0.158. The Hall–Kier alpha value is 0.517. The summed E-state index contributed by atoms with van der Waals surface area (Å²) in [5.74, 6) is 0. The molecule has 2 nitrogen and oxygen atoms in total. The molecule has 0 aliphatic rings. The second-order valence-electron chi connectivity index (χ2n) is 3.25. The van der Waals surface area contributed by atoms with Gasteiger partial charge in [-0.15, -0.1) is 0 Å². The van der Waals surface area contributed by atoms with E-state index in [9.17, 15) is 0 Å². The first kappa shape index (κ1) is 17.6. The van der Waals surface area contributed by atoms with Crippen LogP contribution in [0.1, 0.15) is 40.5 Å². The zero-order chi connectivity index (χ0) is 8.62. The molecule has 0 amide bonds. The molecule has 0 bridgehead atoms. The van der Waals surface area contributed by atoms with Gasteiger partial charge in [-0.3, -0.25) is 0 Å². The number of rotatable bonds is 2. The molecule has 0 aliphatic heterocycles. The van der Waals surface area contributed by atoms with Crippen LogP contribution in [0.15, 0.2) is 0 Å². The van der Waals surface area contributed by atoms with Crippen molar-refractivity contribution in [1.82, 2.24) is 0 Å². The first-order chi connectivity index (χ1) is 4.41. The van der Waals surface area contributed by atoms with Crippen LogP contribution >= 0.6 is 0 Å². The summed E-state index contributed by atoms with van der Waals surface area (Å²) in [6, 6.07) is 0. The molecule has 0 aromatic heterocycles. The van der Waals surface area contributed by atoms with Gasteiger partial charge in [0.25, 0.3) is 0 Å². The van der Waals surface area contributed by atoms with E-state index in [1.165, 1.54) is 0 Å². The van der Waals surface area contributed by atoms with Gasteiger partial charge in [0.05, 0.1) is 5.60 Å². The Labute approximate surface area is 82.2 Å². The van der Waals surface area contributed by atoms with Crippen molar-refractivity contribution in [3.63, 3.8) is 0 Å². The molecule has 0 radical (unpaired) electrons. The van der Waals surface area contributed by atoms with Gasteiger partial charge in [0.2, 0.25) is 0 Å². The summed E-state index contributed by atoms with van der Waals surface area (Å²) in [5.41, 5.74) is -0.500. The zero-order valence-corrected chi connectivity index (χ0v) is 7.52. The Morgan fingerprint density at radius 2 is 1.45 bits per heavy atom. The van der Waals surface area contributed by atoms with Gasteiger partial charge in [0.1, 0.15) is 0 Å². The van der Waals surface area contributed by atoms with Crippen molar-refractivity contribution in [3.8, 4) is 0 Å². The Kier molecular flexibility index (Phi) is 16.8. The van der Waals surface area contributed by atoms with E-state index < -0.39 is 5.60 Å². The monoisotopic (exact) mass is 156 g/mol. The standard InChI is InChI=1S/2C4H10O.Li.H/c1-4(2,3)5;1-2-3-4-5;;/h5H,1-3H3;5H,2-4H2,1H3;;. The summed E-state index contributed by atoms with van der Waals surface area (Å²) < 4.78 is 0. The Balaban J connectivity index is -0.000000107. The average Bonchev–Trinajstić information content (AvgIpc) is 1.63. The van der Waals surface area contributed by atoms with E-state index in [4.69, 9.17) is 10.2 Å². The quantitative estimate of drug-likeness (QED) is 0.583. The number of hydrogen-bond donors (Lipinski definition) is 2. The molecule has 0 heterocycles. The first-order valence-electron chi connectivity index (χ1n) is 3.75. The summed E-state index contributed by atoms with van der Waals surface area (Å²) in [7, 11) is 0. The van der Waals surface area contributed by atoms with Crippen LogP contribution < -0.4 is 0 Å². The second-order valence-corrected chi connectivity index (χ2v) is 3.25. The van der Waals surface area contributed by atoms with Crippen molar-refractivity contribution in [2.75, 3.05) is 6.61 Å². The predicted molar refractivity (Wildman–Crippen MR) is 51.1 cm³/mol. The van der Waals surface area contributed by atoms with Gasteiger partial charge in [0, 0.05) is 6.61 Å². The van der Waals surface area contributed by atoms with E-state index in [0.29, 0.717) is 6.61 Å². The molecule has 66 valence electrons. The third-order valence-electron chi connectivity index (χ3n) is 0.512. The number of aliphatic hydroxyl groups excluding tert-OH is 1. The van der Waals surface area contributed by atoms with Crippen LogP contribution in [0.3, 0.4) is 0 Å². The summed E-state index contributed by atoms with van der Waals surface area (Å²) in [5, 5.41) is 16.6. The van der Waals surface area contributed by atoms with E-state index in [1.807, 2.05) is 0 Å². The molecule has 0 rings (SSSR count). The van der Waals surface area contributed by atoms with E-state index >= 15 is 0 Å². The Bertz CT molecular complexity index is 51.6. The summed E-state index contributed by atoms with van der Waals surface area (Å²) >= 11 is 0. The van der Waals surface area contributed by atoms with Crippen molar-refractivity contribution < 1.29 is 10.2 Å². The fourth-order valence-corrected chi connectivity index (χ4v) is 0.158. The van der Waals surface area contributed by atoms with E-state index in [1.54, 1.807) is 20.8 Å². The maximum atomic E-state index is 8.52. The van der Waals surface area contributed by atoms with Crippen LogP contribution in [0, 0.1) is 0 Å². The Morgan fingerprint density at radius 1 is 1.18 bits per heavy atom. The maximum absolute atomic E-state index is 8.52. The molecule has 0 saturated heterocycles. The molecule has 0 fully saturated rings. The number of aliphatic hydroxyl groups is 2. The third-order valence-corrected chi connectivity index (χ3v) is 0.512. The molecule has 0 aromatic carbocycles. The SMILES string of the molecule is CC(C)(C)O.CCCCO.[LiH]. The molecule has 0 unspecified atom stereocenters. The average molecular weight is 156 g/mol. The molecule has 2 N–H and O–H groups in total. The van der Waals surface area contributed by atoms with Crippen molar-refractivity contribution in [1.29, 1.82) is 0 Å². The molecule has 11 heavy (non-hydrogen) atoms. The van der Waals surface area contributed by atoms with Crippen LogP contribution in [0.2, 0.25) is 0 Å². The normalized spacial score (nSPS) is 9.27. The molecule has 0 aliphatic carbocycles. The van der Waals surface area contributed by atoms with Gasteiger partial charge in [-0.05, 0) is 27.2 Å². The van der Waals surface area contributed by atoms with Crippen LogP contribution in [-0.2, 0) is 0 Å². The fraction of sp³-hybridized carbons (Fsp3) is 1.00. The van der Waals surface area contributed by atoms with Crippen molar-refractivity contribution in [2.24, 2.45) is 0 Å². The van der Waals surface area contributed by atoms with E-state index in [2.05, 4.69) is 6.92 Å². The first-order valence-corrected chi connectivity index (χ1v) is 3.75. The van der Waals surface area contributed by atoms with Gasteiger partial charge in [-0.1, -0.05) is 13.3 Å². The van der Waals surface area contributed by atoms with E-state index in [-0.39, 0.29) is 18.9 Å². The molecule has 0 atom stereocenters. The van der Waals surface area contributed by atoms with Crippen LogP contribution in [0.5, 0.6) is 0 Å². The molecular weight excluding hydrogens is 135 g/mol. The van der Waals surface area contributed by atoms with Gasteiger partial charge >= 0.3 is 18.9 Å². The van der Waals surface area contributed by atoms with Crippen molar-refractivity contribution in [2.45, 2.75) is 46.1 Å². The van der Waals surface area contributed by atoms with E-state index in [0.717, 1.165) is 12.8 Å². The van der Waals surface area contributed by atoms with Gasteiger partial charge in [0.15, 0.2) is 0 Å². The molecule has 3 heteroatoms. The predicted octanol–water partition coefficient (Wildman–Crippen LogP) is 0.907. The van der Waals surface area contributed by atoms with Gasteiger partial charge < -0.3 is 10.2 Å². The number of hydrogen-bond acceptors (Lipinski definition) is 2. The molecule has 0 spiro atoms.